The highest BCUT2D eigenvalue weighted by atomic mass is 16.7. The van der Waals surface area contributed by atoms with Crippen LogP contribution in [0.1, 0.15) is 115 Å². The highest BCUT2D eigenvalue weighted by Gasteiger charge is 2.19. The average molecular weight is 465 g/mol. The minimum Gasteiger partial charge on any atom is -0.463 e. The van der Waals surface area contributed by atoms with Crippen LogP contribution in [0, 0.1) is 10.1 Å². The molecule has 1 aromatic rings. The first-order valence-electron chi connectivity index (χ1n) is 12.9. The third-order valence-corrected chi connectivity index (χ3v) is 5.96. The Morgan fingerprint density at radius 3 is 1.76 bits per heavy atom. The van der Waals surface area contributed by atoms with Crippen LogP contribution >= 0.6 is 0 Å². The molecule has 0 radical (unpaired) electrons. The maximum Gasteiger partial charge on any atom is 0.431 e. The minimum atomic E-state index is -1.25. The number of hydrogen-bond acceptors (Lipinski definition) is 4. The topological polar surface area (TPSA) is 92.9 Å². The van der Waals surface area contributed by atoms with Gasteiger partial charge in [0.25, 0.3) is 5.69 Å². The number of rotatable bonds is 21. The first-order chi connectivity index (χ1) is 16.1. The van der Waals surface area contributed by atoms with Crippen LogP contribution in [-0.4, -0.2) is 27.8 Å². The zero-order chi connectivity index (χ0) is 24.2. The van der Waals surface area contributed by atoms with Gasteiger partial charge in [0.1, 0.15) is 0 Å². The number of carboxylic acid groups (broad SMARTS) is 1. The molecule has 0 fully saturated rings. The molecule has 0 aliphatic rings. The Labute approximate surface area is 199 Å². The summed E-state index contributed by atoms with van der Waals surface area (Å²) in [5.41, 5.74) is 0.214. The summed E-state index contributed by atoms with van der Waals surface area (Å²) < 4.78 is 0. The van der Waals surface area contributed by atoms with Crippen molar-refractivity contribution in [2.45, 2.75) is 116 Å². The number of unbranched alkanes of at least 4 members (excludes halogenated alkanes) is 15. The van der Waals surface area contributed by atoms with Crippen LogP contribution in [0.2, 0.25) is 0 Å². The molecular weight excluding hydrogens is 420 g/mol. The number of amides is 1. The quantitative estimate of drug-likeness (QED) is 0.112. The molecule has 0 aliphatic heterocycles. The Morgan fingerprint density at radius 1 is 0.848 bits per heavy atom. The number of nitro benzene ring substituents is 1. The summed E-state index contributed by atoms with van der Waals surface area (Å²) in [6, 6.07) is 6.12. The fourth-order valence-electron chi connectivity index (χ4n) is 3.97. The Kier molecular flexibility index (Phi) is 16.9. The molecule has 1 amide bonds. The van der Waals surface area contributed by atoms with Crippen molar-refractivity contribution in [3.05, 3.63) is 39.9 Å². The summed E-state index contributed by atoms with van der Waals surface area (Å²) >= 11 is 0. The largest absolute Gasteiger partial charge is 0.463 e. The molecule has 188 valence electrons. The molecule has 7 heteroatoms. The second kappa shape index (κ2) is 19.3. The highest BCUT2D eigenvalue weighted by Crippen LogP contribution is 2.20. The van der Waals surface area contributed by atoms with Gasteiger partial charge in [-0.2, -0.15) is 5.06 Å². The molecule has 0 bridgehead atoms. The van der Waals surface area contributed by atoms with Crippen LogP contribution in [0.4, 0.5) is 10.5 Å². The zero-order valence-corrected chi connectivity index (χ0v) is 20.5. The van der Waals surface area contributed by atoms with Gasteiger partial charge in [0, 0.05) is 6.07 Å². The fourth-order valence-corrected chi connectivity index (χ4v) is 3.97. The second-order valence-electron chi connectivity index (χ2n) is 8.84. The van der Waals surface area contributed by atoms with Gasteiger partial charge in [0.05, 0.1) is 23.6 Å². The van der Waals surface area contributed by atoms with Gasteiger partial charge in [-0.1, -0.05) is 121 Å². The Morgan fingerprint density at radius 2 is 1.30 bits per heavy atom. The van der Waals surface area contributed by atoms with Crippen LogP contribution in [-0.2, 0) is 11.4 Å². The van der Waals surface area contributed by atoms with Crippen LogP contribution in [0.5, 0.6) is 0 Å². The lowest BCUT2D eigenvalue weighted by atomic mass is 10.0. The fraction of sp³-hybridized carbons (Fsp3) is 0.731. The predicted molar refractivity (Wildman–Crippen MR) is 132 cm³/mol. The van der Waals surface area contributed by atoms with E-state index in [1.54, 1.807) is 18.2 Å². The lowest BCUT2D eigenvalue weighted by Gasteiger charge is -2.18. The molecule has 7 nitrogen and oxygen atoms in total. The van der Waals surface area contributed by atoms with Crippen molar-refractivity contribution < 1.29 is 19.7 Å². The van der Waals surface area contributed by atoms with E-state index in [4.69, 9.17) is 4.84 Å². The molecule has 0 saturated heterocycles. The Hall–Kier alpha value is -2.15. The third-order valence-electron chi connectivity index (χ3n) is 5.96. The molecule has 0 heterocycles. The summed E-state index contributed by atoms with van der Waals surface area (Å²) in [5.74, 6) is 0. The average Bonchev–Trinajstić information content (AvgIpc) is 2.80. The maximum absolute atomic E-state index is 11.4. The number of hydrogen-bond donors (Lipinski definition) is 1. The number of nitro groups is 1. The second-order valence-corrected chi connectivity index (χ2v) is 8.84. The van der Waals surface area contributed by atoms with Crippen molar-refractivity contribution in [1.82, 2.24) is 5.06 Å². The van der Waals surface area contributed by atoms with Gasteiger partial charge in [-0.3, -0.25) is 15.0 Å². The molecule has 33 heavy (non-hydrogen) atoms. The van der Waals surface area contributed by atoms with E-state index >= 15 is 0 Å². The molecule has 0 aliphatic carbocycles. The van der Waals surface area contributed by atoms with Crippen molar-refractivity contribution in [2.24, 2.45) is 0 Å². The molecule has 0 saturated carbocycles. The van der Waals surface area contributed by atoms with Crippen molar-refractivity contribution in [3.63, 3.8) is 0 Å². The summed E-state index contributed by atoms with van der Waals surface area (Å²) in [6.45, 7) is 2.40. The normalized spacial score (nSPS) is 10.9. The molecule has 0 atom stereocenters. The standard InChI is InChI=1S/C26H44N2O5/c1-2-3-4-5-6-7-8-9-10-11-12-13-14-15-16-19-22-33-27(26(29)30)23-24-20-17-18-21-25(24)28(31)32/h17-18,20-21H,2-16,19,22-23H2,1H3,(H,29,30). The highest BCUT2D eigenvalue weighted by molar-refractivity contribution is 5.64. The first kappa shape index (κ1) is 28.9. The monoisotopic (exact) mass is 464 g/mol. The van der Waals surface area contributed by atoms with Gasteiger partial charge in [0.2, 0.25) is 0 Å². The summed E-state index contributed by atoms with van der Waals surface area (Å²) in [4.78, 5) is 27.4. The van der Waals surface area contributed by atoms with Crippen LogP contribution < -0.4 is 0 Å². The van der Waals surface area contributed by atoms with Gasteiger partial charge < -0.3 is 5.11 Å². The van der Waals surface area contributed by atoms with Gasteiger partial charge in [-0.05, 0) is 6.42 Å². The number of benzene rings is 1. The Balaban J connectivity index is 2.00. The minimum absolute atomic E-state index is 0.102. The van der Waals surface area contributed by atoms with E-state index < -0.39 is 11.0 Å². The van der Waals surface area contributed by atoms with Gasteiger partial charge in [-0.15, -0.1) is 0 Å². The van der Waals surface area contributed by atoms with E-state index in [1.165, 1.54) is 89.5 Å². The van der Waals surface area contributed by atoms with E-state index in [0.717, 1.165) is 24.3 Å². The lowest BCUT2D eigenvalue weighted by Crippen LogP contribution is -2.29. The number of carbonyl (C=O) groups is 1. The summed E-state index contributed by atoms with van der Waals surface area (Å²) in [5, 5.41) is 21.2. The molecule has 0 aromatic heterocycles. The third kappa shape index (κ3) is 14.6. The number of hydroxylamine groups is 2. The van der Waals surface area contributed by atoms with E-state index in [0.29, 0.717) is 12.2 Å². The van der Waals surface area contributed by atoms with Crippen molar-refractivity contribution in [1.29, 1.82) is 0 Å². The molecule has 1 N–H and O–H groups in total. The van der Waals surface area contributed by atoms with Crippen molar-refractivity contribution in [3.8, 4) is 0 Å². The van der Waals surface area contributed by atoms with E-state index in [9.17, 15) is 20.0 Å². The van der Waals surface area contributed by atoms with Gasteiger partial charge in [-0.25, -0.2) is 4.79 Å². The zero-order valence-electron chi connectivity index (χ0n) is 20.5. The Bertz CT molecular complexity index is 653. The van der Waals surface area contributed by atoms with E-state index in [2.05, 4.69) is 6.92 Å². The van der Waals surface area contributed by atoms with E-state index in [1.807, 2.05) is 0 Å². The first-order valence-corrected chi connectivity index (χ1v) is 12.9. The summed E-state index contributed by atoms with van der Waals surface area (Å²) in [6.07, 6.45) is 19.2. The van der Waals surface area contributed by atoms with Crippen molar-refractivity contribution in [2.75, 3.05) is 6.61 Å². The van der Waals surface area contributed by atoms with Crippen LogP contribution in [0.15, 0.2) is 24.3 Å². The van der Waals surface area contributed by atoms with Crippen LogP contribution in [0.25, 0.3) is 0 Å². The molecule has 1 rings (SSSR count). The number of nitrogens with zero attached hydrogens (tertiary/aromatic N) is 2. The van der Waals surface area contributed by atoms with Gasteiger partial charge in [0.15, 0.2) is 0 Å². The maximum atomic E-state index is 11.4. The SMILES string of the molecule is CCCCCCCCCCCCCCCCCCON(Cc1ccccc1[N+](=O)[O-])C(=O)O. The predicted octanol–water partition coefficient (Wildman–Crippen LogP) is 8.27. The number of para-hydroxylation sites is 1. The summed E-state index contributed by atoms with van der Waals surface area (Å²) in [7, 11) is 0. The molecule has 1 aromatic carbocycles. The van der Waals surface area contributed by atoms with E-state index in [-0.39, 0.29) is 12.2 Å². The van der Waals surface area contributed by atoms with Crippen LogP contribution in [0.3, 0.4) is 0 Å². The molecular formula is C26H44N2O5. The van der Waals surface area contributed by atoms with Gasteiger partial charge >= 0.3 is 6.09 Å². The lowest BCUT2D eigenvalue weighted by molar-refractivity contribution is -0.386. The molecule has 0 spiro atoms. The van der Waals surface area contributed by atoms with Crippen molar-refractivity contribution >= 4 is 11.8 Å². The smallest absolute Gasteiger partial charge is 0.431 e. The molecule has 0 unspecified atom stereocenters.